The van der Waals surface area contributed by atoms with Crippen molar-refractivity contribution in [3.63, 3.8) is 0 Å². The molecule has 0 aliphatic carbocycles. The molecule has 0 aromatic carbocycles. The van der Waals surface area contributed by atoms with Crippen LogP contribution in [0, 0.1) is 10.1 Å². The zero-order valence-corrected chi connectivity index (χ0v) is 8.82. The Morgan fingerprint density at radius 1 is 1.65 bits per heavy atom. The van der Waals surface area contributed by atoms with Gasteiger partial charge in [0.2, 0.25) is 5.15 Å². The monoisotopic (exact) mass is 266 g/mol. The molecular formula is C8H5ClF2N2O4. The average molecular weight is 267 g/mol. The van der Waals surface area contributed by atoms with Crippen LogP contribution < -0.4 is 0 Å². The first-order chi connectivity index (χ1) is 7.82. The highest BCUT2D eigenvalue weighted by Crippen LogP contribution is 2.34. The maximum atomic E-state index is 12.5. The third kappa shape index (κ3) is 3.06. The lowest BCUT2D eigenvalue weighted by Crippen LogP contribution is -2.06. The number of carboxylic acid groups (broad SMARTS) is 1. The molecule has 17 heavy (non-hydrogen) atoms. The first-order valence-corrected chi connectivity index (χ1v) is 4.54. The lowest BCUT2D eigenvalue weighted by atomic mass is 10.1. The Kier molecular flexibility index (Phi) is 3.89. The van der Waals surface area contributed by atoms with Gasteiger partial charge in [-0.1, -0.05) is 11.6 Å². The molecule has 0 fully saturated rings. The Labute approximate surface area is 98.0 Å². The minimum atomic E-state index is -3.14. The number of hydrogen-bond acceptors (Lipinski definition) is 4. The Bertz CT molecular complexity index is 481. The van der Waals surface area contributed by atoms with Crippen LogP contribution in [-0.2, 0) is 11.2 Å². The molecule has 0 bridgehead atoms. The molecule has 0 amide bonds. The van der Waals surface area contributed by atoms with Crippen LogP contribution in [0.5, 0.6) is 0 Å². The second kappa shape index (κ2) is 5.00. The standard InChI is InChI=1S/C8H5ClF2N2O4/c9-7-6(13(16)17)4(8(10)11)1-3(12-7)2-5(14)15/h1,8H,2H2,(H,14,15). The second-order valence-corrected chi connectivity index (χ2v) is 3.33. The summed E-state index contributed by atoms with van der Waals surface area (Å²) in [6, 6.07) is 0.669. The van der Waals surface area contributed by atoms with Gasteiger partial charge >= 0.3 is 11.7 Å². The van der Waals surface area contributed by atoms with Gasteiger partial charge in [0.1, 0.15) is 5.56 Å². The molecule has 1 aromatic rings. The number of nitro groups is 1. The molecular weight excluding hydrogens is 262 g/mol. The third-order valence-electron chi connectivity index (χ3n) is 1.78. The molecule has 92 valence electrons. The van der Waals surface area contributed by atoms with Crippen molar-refractivity contribution >= 4 is 23.3 Å². The highest BCUT2D eigenvalue weighted by molar-refractivity contribution is 6.31. The Morgan fingerprint density at radius 2 is 2.24 bits per heavy atom. The first kappa shape index (κ1) is 13.2. The molecule has 0 unspecified atom stereocenters. The van der Waals surface area contributed by atoms with Gasteiger partial charge in [0.05, 0.1) is 17.0 Å². The number of aromatic nitrogens is 1. The molecule has 9 heteroatoms. The van der Waals surface area contributed by atoms with Crippen molar-refractivity contribution in [2.45, 2.75) is 12.8 Å². The van der Waals surface area contributed by atoms with Crippen LogP contribution in [0.1, 0.15) is 17.7 Å². The number of halogens is 3. The lowest BCUT2D eigenvalue weighted by molar-refractivity contribution is -0.386. The van der Waals surface area contributed by atoms with Gasteiger partial charge in [0.15, 0.2) is 0 Å². The normalized spacial score (nSPS) is 10.6. The number of hydrogen-bond donors (Lipinski definition) is 1. The quantitative estimate of drug-likeness (QED) is 0.512. The molecule has 0 aliphatic heterocycles. The topological polar surface area (TPSA) is 93.3 Å². The van der Waals surface area contributed by atoms with Gasteiger partial charge in [0, 0.05) is 0 Å². The van der Waals surface area contributed by atoms with Crippen LogP contribution in [-0.4, -0.2) is 21.0 Å². The van der Waals surface area contributed by atoms with E-state index in [-0.39, 0.29) is 5.69 Å². The van der Waals surface area contributed by atoms with E-state index in [1.165, 1.54) is 0 Å². The van der Waals surface area contributed by atoms with Gasteiger partial charge in [-0.15, -0.1) is 0 Å². The molecule has 6 nitrogen and oxygen atoms in total. The number of carboxylic acids is 1. The maximum absolute atomic E-state index is 12.5. The summed E-state index contributed by atoms with van der Waals surface area (Å²) >= 11 is 5.38. The fraction of sp³-hybridized carbons (Fsp3) is 0.250. The van der Waals surface area contributed by atoms with Crippen LogP contribution in [0.4, 0.5) is 14.5 Å². The third-order valence-corrected chi connectivity index (χ3v) is 2.05. The summed E-state index contributed by atoms with van der Waals surface area (Å²) in [5.41, 5.74) is -2.20. The van der Waals surface area contributed by atoms with E-state index in [2.05, 4.69) is 4.98 Å². The highest BCUT2D eigenvalue weighted by Gasteiger charge is 2.27. The Hall–Kier alpha value is -1.83. The van der Waals surface area contributed by atoms with E-state index in [4.69, 9.17) is 16.7 Å². The largest absolute Gasteiger partial charge is 0.481 e. The molecule has 0 saturated heterocycles. The molecule has 0 spiro atoms. The molecule has 1 N–H and O–H groups in total. The molecule has 1 aromatic heterocycles. The predicted molar refractivity (Wildman–Crippen MR) is 52.2 cm³/mol. The van der Waals surface area contributed by atoms with Crippen molar-refractivity contribution < 1.29 is 23.6 Å². The minimum absolute atomic E-state index is 0.261. The molecule has 1 rings (SSSR count). The summed E-state index contributed by atoms with van der Waals surface area (Å²) in [7, 11) is 0. The lowest BCUT2D eigenvalue weighted by Gasteiger charge is -2.05. The van der Waals surface area contributed by atoms with Gasteiger partial charge in [-0.25, -0.2) is 13.8 Å². The van der Waals surface area contributed by atoms with E-state index in [1.807, 2.05) is 0 Å². The fourth-order valence-corrected chi connectivity index (χ4v) is 1.46. The van der Waals surface area contributed by atoms with E-state index < -0.39 is 40.1 Å². The van der Waals surface area contributed by atoms with Crippen LogP contribution in [0.3, 0.4) is 0 Å². The fourth-order valence-electron chi connectivity index (χ4n) is 1.17. The minimum Gasteiger partial charge on any atom is -0.481 e. The number of pyridine rings is 1. The van der Waals surface area contributed by atoms with Crippen molar-refractivity contribution in [1.29, 1.82) is 0 Å². The summed E-state index contributed by atoms with van der Waals surface area (Å²) in [6.45, 7) is 0. The summed E-state index contributed by atoms with van der Waals surface area (Å²) in [5, 5.41) is 18.2. The Balaban J connectivity index is 3.35. The summed E-state index contributed by atoms with van der Waals surface area (Å²) in [6.07, 6.45) is -3.78. The van der Waals surface area contributed by atoms with Crippen LogP contribution in [0.25, 0.3) is 0 Å². The van der Waals surface area contributed by atoms with Gasteiger partial charge < -0.3 is 5.11 Å². The number of rotatable bonds is 4. The number of alkyl halides is 2. The van der Waals surface area contributed by atoms with Gasteiger partial charge in [-0.05, 0) is 6.07 Å². The maximum Gasteiger partial charge on any atom is 0.315 e. The van der Waals surface area contributed by atoms with E-state index in [0.717, 1.165) is 0 Å². The summed E-state index contributed by atoms with van der Waals surface area (Å²) < 4.78 is 25.1. The molecule has 0 saturated carbocycles. The predicted octanol–water partition coefficient (Wildman–Crippen LogP) is 2.21. The molecule has 0 atom stereocenters. The second-order valence-electron chi connectivity index (χ2n) is 2.97. The van der Waals surface area contributed by atoms with Crippen LogP contribution in [0.15, 0.2) is 6.07 Å². The first-order valence-electron chi connectivity index (χ1n) is 4.16. The van der Waals surface area contributed by atoms with Crippen molar-refractivity contribution in [1.82, 2.24) is 4.98 Å². The zero-order valence-electron chi connectivity index (χ0n) is 8.06. The van der Waals surface area contributed by atoms with Gasteiger partial charge in [-0.3, -0.25) is 14.9 Å². The molecule has 1 heterocycles. The summed E-state index contributed by atoms with van der Waals surface area (Å²) in [4.78, 5) is 23.2. The summed E-state index contributed by atoms with van der Waals surface area (Å²) in [5.74, 6) is -1.30. The van der Waals surface area contributed by atoms with E-state index in [0.29, 0.717) is 6.07 Å². The van der Waals surface area contributed by atoms with E-state index in [9.17, 15) is 23.7 Å². The zero-order chi connectivity index (χ0) is 13.2. The number of aliphatic carboxylic acids is 1. The van der Waals surface area contributed by atoms with Crippen LogP contribution in [0.2, 0.25) is 5.15 Å². The van der Waals surface area contributed by atoms with E-state index in [1.54, 1.807) is 0 Å². The van der Waals surface area contributed by atoms with Crippen LogP contribution >= 0.6 is 11.6 Å². The SMILES string of the molecule is O=C(O)Cc1cc(C(F)F)c([N+](=O)[O-])c(Cl)n1. The van der Waals surface area contributed by atoms with Crippen molar-refractivity contribution in [3.8, 4) is 0 Å². The van der Waals surface area contributed by atoms with Gasteiger partial charge in [-0.2, -0.15) is 0 Å². The van der Waals surface area contributed by atoms with Crippen molar-refractivity contribution in [2.75, 3.05) is 0 Å². The number of carbonyl (C=O) groups is 1. The van der Waals surface area contributed by atoms with Crippen molar-refractivity contribution in [2.24, 2.45) is 0 Å². The smallest absolute Gasteiger partial charge is 0.315 e. The average Bonchev–Trinajstić information content (AvgIpc) is 2.14. The Morgan fingerprint density at radius 3 is 2.65 bits per heavy atom. The van der Waals surface area contributed by atoms with E-state index >= 15 is 0 Å². The molecule has 0 aliphatic rings. The van der Waals surface area contributed by atoms with Crippen molar-refractivity contribution in [3.05, 3.63) is 32.6 Å². The highest BCUT2D eigenvalue weighted by atomic mass is 35.5. The van der Waals surface area contributed by atoms with Gasteiger partial charge in [0.25, 0.3) is 6.43 Å². The number of nitrogens with zero attached hydrogens (tertiary/aromatic N) is 2. The molecule has 0 radical (unpaired) electrons.